The van der Waals surface area contributed by atoms with E-state index >= 15 is 0 Å². The Labute approximate surface area is 338 Å². The number of fused-ring (bicyclic) bond motifs is 13. The molecule has 13 aromatic rings. The SMILES string of the molecule is c1ccc(-n2c(-c3ccc(-n4c5ccccc5c5cc6c7ccc(-c8ccc9c(c8)oc8ccccc89)cc7c7ccccc7c6cc54)cc3)nc3ccccc32)cc1. The molecule has 0 aliphatic heterocycles. The predicted molar refractivity (Wildman–Crippen MR) is 246 cm³/mol. The molecule has 10 aromatic carbocycles. The van der Waals surface area contributed by atoms with Gasteiger partial charge in [0.25, 0.3) is 0 Å². The third-order valence-corrected chi connectivity index (χ3v) is 12.3. The zero-order valence-electron chi connectivity index (χ0n) is 31.8. The van der Waals surface area contributed by atoms with E-state index in [4.69, 9.17) is 9.40 Å². The monoisotopic (exact) mass is 751 g/mol. The van der Waals surface area contributed by atoms with Crippen molar-refractivity contribution >= 4 is 87.1 Å². The Morgan fingerprint density at radius 2 is 0.864 bits per heavy atom. The van der Waals surface area contributed by atoms with Crippen LogP contribution in [0.2, 0.25) is 0 Å². The van der Waals surface area contributed by atoms with Gasteiger partial charge in [0.2, 0.25) is 0 Å². The van der Waals surface area contributed by atoms with Crippen LogP contribution < -0.4 is 0 Å². The van der Waals surface area contributed by atoms with E-state index in [1.807, 2.05) is 12.1 Å². The summed E-state index contributed by atoms with van der Waals surface area (Å²) in [7, 11) is 0. The molecule has 0 aliphatic carbocycles. The fourth-order valence-electron chi connectivity index (χ4n) is 9.60. The van der Waals surface area contributed by atoms with Crippen LogP contribution in [0.3, 0.4) is 0 Å². The number of imidazole rings is 1. The molecular formula is C55H33N3O. The van der Waals surface area contributed by atoms with E-state index in [0.29, 0.717) is 0 Å². The molecule has 0 saturated heterocycles. The summed E-state index contributed by atoms with van der Waals surface area (Å²) in [6, 6.07) is 72.1. The molecule has 274 valence electrons. The van der Waals surface area contributed by atoms with Gasteiger partial charge in [-0.15, -0.1) is 0 Å². The van der Waals surface area contributed by atoms with Crippen LogP contribution in [0.15, 0.2) is 205 Å². The molecule has 13 rings (SSSR count). The maximum absolute atomic E-state index is 6.29. The predicted octanol–water partition coefficient (Wildman–Crippen LogP) is 14.8. The number of benzene rings is 10. The molecule has 0 atom stereocenters. The molecule has 4 heteroatoms. The number of furan rings is 1. The van der Waals surface area contributed by atoms with Gasteiger partial charge in [0.1, 0.15) is 17.0 Å². The highest BCUT2D eigenvalue weighted by atomic mass is 16.3. The third kappa shape index (κ3) is 4.75. The quantitative estimate of drug-likeness (QED) is 0.168. The standard InChI is InChI=1S/C55H33N3O/c1-2-12-37(13-3-1)58-51-20-10-8-18-49(51)56-55(58)34-22-26-38(27-23-34)57-50-19-9-6-16-42(50)48-32-46-41-28-24-35(30-45(41)39-14-4-5-15-40(39)47(46)33-52(48)57)36-25-29-44-43-17-7-11-21-53(43)59-54(44)31-36/h1-33H. The minimum Gasteiger partial charge on any atom is -0.456 e. The highest BCUT2D eigenvalue weighted by molar-refractivity contribution is 6.29. The van der Waals surface area contributed by atoms with Gasteiger partial charge in [-0.05, 0) is 134 Å². The lowest BCUT2D eigenvalue weighted by molar-refractivity contribution is 0.669. The molecule has 3 aromatic heterocycles. The normalized spacial score (nSPS) is 12.1. The van der Waals surface area contributed by atoms with Crippen molar-refractivity contribution in [2.75, 3.05) is 0 Å². The second-order valence-electron chi connectivity index (χ2n) is 15.5. The highest BCUT2D eigenvalue weighted by Gasteiger charge is 2.19. The van der Waals surface area contributed by atoms with Gasteiger partial charge in [0, 0.05) is 38.5 Å². The lowest BCUT2D eigenvalue weighted by Crippen LogP contribution is -1.98. The molecule has 0 N–H and O–H groups in total. The number of nitrogens with zero attached hydrogens (tertiary/aromatic N) is 3. The Bertz CT molecular complexity index is 3830. The van der Waals surface area contributed by atoms with Crippen LogP contribution in [-0.2, 0) is 0 Å². The third-order valence-electron chi connectivity index (χ3n) is 12.3. The zero-order valence-corrected chi connectivity index (χ0v) is 31.8. The molecule has 0 spiro atoms. The Balaban J connectivity index is 0.993. The summed E-state index contributed by atoms with van der Waals surface area (Å²) >= 11 is 0. The largest absolute Gasteiger partial charge is 0.456 e. The van der Waals surface area contributed by atoms with E-state index in [2.05, 4.69) is 197 Å². The van der Waals surface area contributed by atoms with Crippen LogP contribution in [0, 0.1) is 0 Å². The topological polar surface area (TPSA) is 35.9 Å². The first-order valence-corrected chi connectivity index (χ1v) is 20.1. The molecule has 59 heavy (non-hydrogen) atoms. The summed E-state index contributed by atoms with van der Waals surface area (Å²) in [5, 5.41) is 12.2. The van der Waals surface area contributed by atoms with Gasteiger partial charge in [-0.1, -0.05) is 109 Å². The lowest BCUT2D eigenvalue weighted by atomic mass is 9.91. The van der Waals surface area contributed by atoms with E-state index in [-0.39, 0.29) is 0 Å². The van der Waals surface area contributed by atoms with Gasteiger partial charge < -0.3 is 8.98 Å². The molecule has 0 radical (unpaired) electrons. The average Bonchev–Trinajstić information content (AvgIpc) is 3.98. The van der Waals surface area contributed by atoms with E-state index in [9.17, 15) is 0 Å². The molecule has 0 aliphatic rings. The molecular weight excluding hydrogens is 719 g/mol. The second-order valence-corrected chi connectivity index (χ2v) is 15.5. The van der Waals surface area contributed by atoms with Gasteiger partial charge in [-0.25, -0.2) is 4.98 Å². The first kappa shape index (κ1) is 32.2. The Morgan fingerprint density at radius 3 is 1.68 bits per heavy atom. The van der Waals surface area contributed by atoms with Gasteiger partial charge in [0.15, 0.2) is 0 Å². The highest BCUT2D eigenvalue weighted by Crippen LogP contribution is 2.43. The van der Waals surface area contributed by atoms with E-state index in [0.717, 1.165) is 61.3 Å². The summed E-state index contributed by atoms with van der Waals surface area (Å²) in [6.07, 6.45) is 0. The van der Waals surface area contributed by atoms with Crippen molar-refractivity contribution in [2.24, 2.45) is 0 Å². The van der Waals surface area contributed by atoms with Crippen LogP contribution in [0.4, 0.5) is 0 Å². The molecule has 0 bridgehead atoms. The van der Waals surface area contributed by atoms with Crippen molar-refractivity contribution in [1.29, 1.82) is 0 Å². The van der Waals surface area contributed by atoms with Crippen LogP contribution in [0.25, 0.3) is 121 Å². The fraction of sp³-hybridized carbons (Fsp3) is 0. The van der Waals surface area contributed by atoms with E-state index in [1.165, 1.54) is 59.7 Å². The maximum atomic E-state index is 6.29. The zero-order chi connectivity index (χ0) is 38.6. The van der Waals surface area contributed by atoms with Gasteiger partial charge in [-0.3, -0.25) is 4.57 Å². The number of para-hydroxylation sites is 5. The Morgan fingerprint density at radius 1 is 0.305 bits per heavy atom. The summed E-state index contributed by atoms with van der Waals surface area (Å²) < 4.78 is 11.0. The summed E-state index contributed by atoms with van der Waals surface area (Å²) in [5.74, 6) is 0.925. The fourth-order valence-corrected chi connectivity index (χ4v) is 9.60. The van der Waals surface area contributed by atoms with Crippen LogP contribution in [-0.4, -0.2) is 14.1 Å². The minimum atomic E-state index is 0.910. The molecule has 0 saturated carbocycles. The first-order chi connectivity index (χ1) is 29.2. The van der Waals surface area contributed by atoms with Gasteiger partial charge in [-0.2, -0.15) is 0 Å². The minimum absolute atomic E-state index is 0.910. The maximum Gasteiger partial charge on any atom is 0.145 e. The average molecular weight is 752 g/mol. The van der Waals surface area contributed by atoms with Crippen molar-refractivity contribution in [2.45, 2.75) is 0 Å². The summed E-state index contributed by atoms with van der Waals surface area (Å²) in [6.45, 7) is 0. The van der Waals surface area contributed by atoms with Crippen LogP contribution in [0.5, 0.6) is 0 Å². The first-order valence-electron chi connectivity index (χ1n) is 20.1. The van der Waals surface area contributed by atoms with Crippen molar-refractivity contribution in [1.82, 2.24) is 14.1 Å². The van der Waals surface area contributed by atoms with Crippen molar-refractivity contribution in [3.05, 3.63) is 200 Å². The molecule has 0 amide bonds. The van der Waals surface area contributed by atoms with Crippen LogP contribution >= 0.6 is 0 Å². The van der Waals surface area contributed by atoms with Crippen LogP contribution in [0.1, 0.15) is 0 Å². The van der Waals surface area contributed by atoms with E-state index < -0.39 is 0 Å². The van der Waals surface area contributed by atoms with Crippen molar-refractivity contribution in [3.63, 3.8) is 0 Å². The number of hydrogen-bond acceptors (Lipinski definition) is 2. The lowest BCUT2D eigenvalue weighted by Gasteiger charge is -2.14. The molecule has 0 unspecified atom stereocenters. The summed E-state index contributed by atoms with van der Waals surface area (Å²) in [4.78, 5) is 5.13. The number of aromatic nitrogens is 3. The number of hydrogen-bond donors (Lipinski definition) is 0. The smallest absolute Gasteiger partial charge is 0.145 e. The molecule has 4 nitrogen and oxygen atoms in total. The molecule has 0 fully saturated rings. The Hall–Kier alpha value is -7.95. The van der Waals surface area contributed by atoms with Gasteiger partial charge >= 0.3 is 0 Å². The molecule has 3 heterocycles. The van der Waals surface area contributed by atoms with E-state index in [1.54, 1.807) is 0 Å². The summed E-state index contributed by atoms with van der Waals surface area (Å²) in [5.41, 5.74) is 11.8. The Kier molecular flexibility index (Phi) is 6.69. The number of rotatable bonds is 4. The second kappa shape index (κ2) is 12.3. The van der Waals surface area contributed by atoms with Crippen molar-refractivity contribution < 1.29 is 4.42 Å². The van der Waals surface area contributed by atoms with Crippen molar-refractivity contribution in [3.8, 4) is 33.9 Å². The van der Waals surface area contributed by atoms with Gasteiger partial charge in [0.05, 0.1) is 22.1 Å².